The number of sulfonamides is 1. The smallest absolute Gasteiger partial charge is 0.240 e. The van der Waals surface area contributed by atoms with Crippen molar-refractivity contribution < 1.29 is 8.42 Å². The van der Waals surface area contributed by atoms with Crippen LogP contribution in [0, 0.1) is 0 Å². The normalized spacial score (nSPS) is 14.6. The minimum absolute atomic E-state index is 0.103. The van der Waals surface area contributed by atoms with E-state index in [1.165, 1.54) is 6.33 Å². The Balaban J connectivity index is 1.48. The Labute approximate surface area is 145 Å². The van der Waals surface area contributed by atoms with Crippen LogP contribution in [0.15, 0.2) is 53.8 Å². The molecule has 1 fully saturated rings. The molecule has 4 rings (SSSR count). The molecule has 1 aliphatic carbocycles. The Hall–Kier alpha value is -2.58. The third-order valence-corrected chi connectivity index (χ3v) is 5.54. The first kappa shape index (κ1) is 15.9. The van der Waals surface area contributed by atoms with E-state index in [1.54, 1.807) is 30.5 Å². The van der Waals surface area contributed by atoms with Gasteiger partial charge in [0, 0.05) is 18.8 Å². The van der Waals surface area contributed by atoms with Crippen molar-refractivity contribution in [3.05, 3.63) is 54.5 Å². The van der Waals surface area contributed by atoms with Crippen molar-refractivity contribution in [3.8, 4) is 0 Å². The van der Waals surface area contributed by atoms with Gasteiger partial charge in [-0.2, -0.15) is 0 Å². The third kappa shape index (κ3) is 3.59. The summed E-state index contributed by atoms with van der Waals surface area (Å²) in [6.45, 7) is 0.525. The topological polar surface area (TPSA) is 96.9 Å². The Morgan fingerprint density at radius 2 is 1.84 bits per heavy atom. The molecule has 128 valence electrons. The summed E-state index contributed by atoms with van der Waals surface area (Å²) in [4.78, 5) is 12.9. The number of hydrogen-bond donors (Lipinski definition) is 2. The van der Waals surface area contributed by atoms with E-state index in [9.17, 15) is 8.42 Å². The predicted molar refractivity (Wildman–Crippen MR) is 94.4 cm³/mol. The summed E-state index contributed by atoms with van der Waals surface area (Å²) in [6.07, 6.45) is 5.00. The van der Waals surface area contributed by atoms with Crippen molar-refractivity contribution in [1.82, 2.24) is 19.7 Å². The highest BCUT2D eigenvalue weighted by Gasteiger charge is 2.27. The summed E-state index contributed by atoms with van der Waals surface area (Å²) in [7, 11) is -3.41. The number of fused-ring (bicyclic) bond motifs is 1. The Kier molecular flexibility index (Phi) is 4.06. The molecule has 3 aromatic rings. The van der Waals surface area contributed by atoms with Crippen molar-refractivity contribution in [1.29, 1.82) is 0 Å². The summed E-state index contributed by atoms with van der Waals surface area (Å²) in [5.74, 6) is 0.699. The van der Waals surface area contributed by atoms with Gasteiger partial charge in [0.1, 0.15) is 12.1 Å². The lowest BCUT2D eigenvalue weighted by Gasteiger charge is -2.09. The average molecular weight is 355 g/mol. The number of rotatable bonds is 6. The van der Waals surface area contributed by atoms with Gasteiger partial charge in [-0.1, -0.05) is 12.1 Å². The Bertz CT molecular complexity index is 996. The molecule has 1 aliphatic rings. The van der Waals surface area contributed by atoms with Crippen LogP contribution in [0.3, 0.4) is 0 Å². The molecular formula is C17H17N5O2S. The molecular weight excluding hydrogens is 338 g/mol. The molecule has 0 spiro atoms. The molecule has 0 unspecified atom stereocenters. The zero-order valence-electron chi connectivity index (χ0n) is 13.4. The fourth-order valence-corrected chi connectivity index (χ4v) is 3.80. The molecule has 25 heavy (non-hydrogen) atoms. The van der Waals surface area contributed by atoms with Crippen LogP contribution < -0.4 is 10.0 Å². The number of aromatic nitrogens is 3. The number of nitrogens with zero attached hydrogens (tertiary/aromatic N) is 3. The predicted octanol–water partition coefficient (Wildman–Crippen LogP) is 2.08. The van der Waals surface area contributed by atoms with Gasteiger partial charge in [0.2, 0.25) is 10.0 Å². The molecule has 2 heterocycles. The first-order valence-electron chi connectivity index (χ1n) is 8.03. The van der Waals surface area contributed by atoms with E-state index < -0.39 is 10.0 Å². The highest BCUT2D eigenvalue weighted by Crippen LogP contribution is 2.22. The first-order chi connectivity index (χ1) is 12.1. The standard InChI is InChI=1S/C17H17N5O2S/c23-25(24,22-13-5-6-13)14-7-3-12(4-8-14)10-19-17-15-2-1-9-18-16(15)20-11-21-17/h1-4,7-9,11,13,22H,5-6,10H2,(H,18,19,20,21). The maximum absolute atomic E-state index is 12.2. The molecule has 0 amide bonds. The van der Waals surface area contributed by atoms with E-state index in [-0.39, 0.29) is 6.04 Å². The minimum Gasteiger partial charge on any atom is -0.365 e. The molecule has 0 atom stereocenters. The second-order valence-corrected chi connectivity index (χ2v) is 7.70. The zero-order chi connectivity index (χ0) is 17.3. The average Bonchev–Trinajstić information content (AvgIpc) is 3.43. The summed E-state index contributed by atoms with van der Waals surface area (Å²) in [5.41, 5.74) is 1.59. The molecule has 2 aromatic heterocycles. The molecule has 0 saturated heterocycles. The first-order valence-corrected chi connectivity index (χ1v) is 9.51. The van der Waals surface area contributed by atoms with Crippen LogP contribution in [0.1, 0.15) is 18.4 Å². The van der Waals surface area contributed by atoms with Crippen molar-refractivity contribution in [2.24, 2.45) is 0 Å². The van der Waals surface area contributed by atoms with E-state index in [4.69, 9.17) is 0 Å². The summed E-state index contributed by atoms with van der Waals surface area (Å²) >= 11 is 0. The SMILES string of the molecule is O=S(=O)(NC1CC1)c1ccc(CNc2ncnc3ncccc23)cc1. The zero-order valence-corrected chi connectivity index (χ0v) is 14.2. The number of anilines is 1. The van der Waals surface area contributed by atoms with E-state index >= 15 is 0 Å². The van der Waals surface area contributed by atoms with Crippen LogP contribution in [0.25, 0.3) is 11.0 Å². The van der Waals surface area contributed by atoms with Gasteiger partial charge in [-0.3, -0.25) is 0 Å². The summed E-state index contributed by atoms with van der Waals surface area (Å²) in [6, 6.07) is 10.7. The van der Waals surface area contributed by atoms with Gasteiger partial charge >= 0.3 is 0 Å². The maximum Gasteiger partial charge on any atom is 0.240 e. The summed E-state index contributed by atoms with van der Waals surface area (Å²) in [5, 5.41) is 4.09. The van der Waals surface area contributed by atoms with Gasteiger partial charge in [-0.05, 0) is 42.7 Å². The minimum atomic E-state index is -3.41. The van der Waals surface area contributed by atoms with E-state index in [1.807, 2.05) is 12.1 Å². The highest BCUT2D eigenvalue weighted by molar-refractivity contribution is 7.89. The van der Waals surface area contributed by atoms with Crippen molar-refractivity contribution in [3.63, 3.8) is 0 Å². The molecule has 0 radical (unpaired) electrons. The lowest BCUT2D eigenvalue weighted by atomic mass is 10.2. The Morgan fingerprint density at radius 3 is 2.60 bits per heavy atom. The second kappa shape index (κ2) is 6.38. The van der Waals surface area contributed by atoms with Gasteiger partial charge in [0.15, 0.2) is 5.65 Å². The fraction of sp³-hybridized carbons (Fsp3) is 0.235. The van der Waals surface area contributed by atoms with Gasteiger partial charge in [-0.25, -0.2) is 28.1 Å². The molecule has 7 nitrogen and oxygen atoms in total. The Morgan fingerprint density at radius 1 is 1.04 bits per heavy atom. The van der Waals surface area contributed by atoms with Crippen LogP contribution >= 0.6 is 0 Å². The van der Waals surface area contributed by atoms with Crippen LogP contribution in [-0.2, 0) is 16.6 Å². The van der Waals surface area contributed by atoms with E-state index in [0.29, 0.717) is 22.9 Å². The molecule has 0 aliphatic heterocycles. The van der Waals surface area contributed by atoms with Gasteiger partial charge in [0.05, 0.1) is 10.3 Å². The highest BCUT2D eigenvalue weighted by atomic mass is 32.2. The van der Waals surface area contributed by atoms with Crippen molar-refractivity contribution in [2.75, 3.05) is 5.32 Å². The fourth-order valence-electron chi connectivity index (χ4n) is 2.50. The van der Waals surface area contributed by atoms with Crippen LogP contribution in [0.4, 0.5) is 5.82 Å². The van der Waals surface area contributed by atoms with Crippen LogP contribution in [-0.4, -0.2) is 29.4 Å². The lowest BCUT2D eigenvalue weighted by molar-refractivity contribution is 0.581. The van der Waals surface area contributed by atoms with Crippen molar-refractivity contribution >= 4 is 26.9 Å². The molecule has 1 saturated carbocycles. The second-order valence-electron chi connectivity index (χ2n) is 5.99. The molecule has 0 bridgehead atoms. The number of benzene rings is 1. The third-order valence-electron chi connectivity index (χ3n) is 4.00. The van der Waals surface area contributed by atoms with Gasteiger partial charge in [0.25, 0.3) is 0 Å². The van der Waals surface area contributed by atoms with E-state index in [2.05, 4.69) is 25.0 Å². The number of pyridine rings is 1. The number of hydrogen-bond acceptors (Lipinski definition) is 6. The van der Waals surface area contributed by atoms with Gasteiger partial charge in [-0.15, -0.1) is 0 Å². The number of nitrogens with one attached hydrogen (secondary N) is 2. The quantitative estimate of drug-likeness (QED) is 0.703. The monoisotopic (exact) mass is 355 g/mol. The largest absolute Gasteiger partial charge is 0.365 e. The van der Waals surface area contributed by atoms with E-state index in [0.717, 1.165) is 23.8 Å². The molecule has 1 aromatic carbocycles. The van der Waals surface area contributed by atoms with Crippen LogP contribution in [0.5, 0.6) is 0 Å². The lowest BCUT2D eigenvalue weighted by Crippen LogP contribution is -2.25. The van der Waals surface area contributed by atoms with Crippen molar-refractivity contribution in [2.45, 2.75) is 30.3 Å². The van der Waals surface area contributed by atoms with Crippen LogP contribution in [0.2, 0.25) is 0 Å². The maximum atomic E-state index is 12.2. The van der Waals surface area contributed by atoms with Gasteiger partial charge < -0.3 is 5.32 Å². The molecule has 2 N–H and O–H groups in total. The molecule has 8 heteroatoms. The summed E-state index contributed by atoms with van der Waals surface area (Å²) < 4.78 is 27.0.